The van der Waals surface area contributed by atoms with Crippen LogP contribution in [0.2, 0.25) is 0 Å². The number of amides is 1. The number of aryl methyl sites for hydroxylation is 1. The van der Waals surface area contributed by atoms with Gasteiger partial charge in [0, 0.05) is 10.9 Å². The van der Waals surface area contributed by atoms with Gasteiger partial charge < -0.3 is 4.90 Å². The molecule has 0 spiro atoms. The van der Waals surface area contributed by atoms with Crippen molar-refractivity contribution < 1.29 is 13.2 Å². The van der Waals surface area contributed by atoms with Crippen molar-refractivity contribution >= 4 is 38.4 Å². The lowest BCUT2D eigenvalue weighted by molar-refractivity contribution is -0.117. The molecule has 0 aliphatic carbocycles. The fourth-order valence-corrected chi connectivity index (χ4v) is 7.52. The molecule has 4 rings (SSSR count). The Morgan fingerprint density at radius 2 is 1.81 bits per heavy atom. The molecule has 2 aromatic carbocycles. The molecule has 2 aliphatic heterocycles. The van der Waals surface area contributed by atoms with E-state index >= 15 is 0 Å². The van der Waals surface area contributed by atoms with E-state index in [1.165, 1.54) is 11.8 Å². The zero-order valence-corrected chi connectivity index (χ0v) is 16.5. The van der Waals surface area contributed by atoms with Crippen LogP contribution in [0.5, 0.6) is 0 Å². The second-order valence-electron chi connectivity index (χ2n) is 6.91. The van der Waals surface area contributed by atoms with Crippen molar-refractivity contribution in [1.82, 2.24) is 0 Å². The molecule has 2 atom stereocenters. The highest BCUT2D eigenvalue weighted by Gasteiger charge is 2.49. The molecule has 0 aromatic heterocycles. The fourth-order valence-electron chi connectivity index (χ4n) is 3.60. The van der Waals surface area contributed by atoms with E-state index in [0.29, 0.717) is 5.17 Å². The molecule has 2 fully saturated rings. The average molecular weight is 401 g/mol. The summed E-state index contributed by atoms with van der Waals surface area (Å²) in [6, 6.07) is 17.2. The van der Waals surface area contributed by atoms with Gasteiger partial charge in [0.2, 0.25) is 0 Å². The van der Waals surface area contributed by atoms with Crippen LogP contribution in [0.1, 0.15) is 11.1 Å². The van der Waals surface area contributed by atoms with E-state index in [-0.39, 0.29) is 35.1 Å². The van der Waals surface area contributed by atoms with Crippen LogP contribution in [-0.4, -0.2) is 42.3 Å². The van der Waals surface area contributed by atoms with E-state index in [4.69, 9.17) is 0 Å². The summed E-state index contributed by atoms with van der Waals surface area (Å²) in [5.41, 5.74) is 2.87. The molecule has 27 heavy (non-hydrogen) atoms. The molecule has 0 radical (unpaired) electrons. The Morgan fingerprint density at radius 3 is 2.56 bits per heavy atom. The number of carbonyl (C=O) groups is 1. The van der Waals surface area contributed by atoms with Crippen LogP contribution in [0.25, 0.3) is 0 Å². The maximum absolute atomic E-state index is 12.5. The van der Waals surface area contributed by atoms with Crippen molar-refractivity contribution in [2.45, 2.75) is 24.6 Å². The van der Waals surface area contributed by atoms with Gasteiger partial charge in [0.25, 0.3) is 5.91 Å². The van der Waals surface area contributed by atoms with Crippen molar-refractivity contribution in [3.05, 3.63) is 65.7 Å². The van der Waals surface area contributed by atoms with Crippen LogP contribution in [0.3, 0.4) is 0 Å². The second-order valence-corrected chi connectivity index (χ2v) is 10.3. The van der Waals surface area contributed by atoms with Crippen LogP contribution >= 0.6 is 11.8 Å². The second kappa shape index (κ2) is 7.13. The minimum Gasteiger partial charge on any atom is -0.315 e. The summed E-state index contributed by atoms with van der Waals surface area (Å²) in [5.74, 6) is 0.0201. The van der Waals surface area contributed by atoms with E-state index < -0.39 is 9.84 Å². The van der Waals surface area contributed by atoms with Gasteiger partial charge in [-0.1, -0.05) is 60.3 Å². The Bertz CT molecular complexity index is 1000. The first-order valence-electron chi connectivity index (χ1n) is 8.80. The highest BCUT2D eigenvalue weighted by Crippen LogP contribution is 2.41. The van der Waals surface area contributed by atoms with Crippen LogP contribution in [0.4, 0.5) is 5.69 Å². The third-order valence-corrected chi connectivity index (χ3v) is 8.07. The zero-order chi connectivity index (χ0) is 19.0. The minimum absolute atomic E-state index is 0.0853. The summed E-state index contributed by atoms with van der Waals surface area (Å²) in [5, 5.41) is 0.521. The predicted octanol–water partition coefficient (Wildman–Crippen LogP) is 2.84. The van der Waals surface area contributed by atoms with E-state index in [1.807, 2.05) is 66.4 Å². The number of carbonyl (C=O) groups excluding carboxylic acids is 1. The topological polar surface area (TPSA) is 66.8 Å². The maximum Gasteiger partial charge on any atom is 0.252 e. The average Bonchev–Trinajstić information content (AvgIpc) is 3.07. The Balaban J connectivity index is 1.67. The number of hydrogen-bond acceptors (Lipinski definition) is 4. The molecule has 5 nitrogen and oxygen atoms in total. The summed E-state index contributed by atoms with van der Waals surface area (Å²) in [4.78, 5) is 18.9. The van der Waals surface area contributed by atoms with Crippen LogP contribution in [0.15, 0.2) is 59.6 Å². The van der Waals surface area contributed by atoms with Gasteiger partial charge in [-0.2, -0.15) is 4.99 Å². The van der Waals surface area contributed by atoms with Gasteiger partial charge in [-0.25, -0.2) is 8.42 Å². The first kappa shape index (κ1) is 18.3. The van der Waals surface area contributed by atoms with E-state index in [9.17, 15) is 13.2 Å². The van der Waals surface area contributed by atoms with Gasteiger partial charge in [0.05, 0.1) is 24.0 Å². The fraction of sp³-hybridized carbons (Fsp3) is 0.300. The number of hydrogen-bond donors (Lipinski definition) is 0. The van der Waals surface area contributed by atoms with Crippen LogP contribution in [-0.2, 0) is 21.1 Å². The lowest BCUT2D eigenvalue weighted by Crippen LogP contribution is -2.38. The first-order chi connectivity index (χ1) is 12.9. The molecular weight excluding hydrogens is 380 g/mol. The molecule has 0 bridgehead atoms. The Morgan fingerprint density at radius 1 is 1.11 bits per heavy atom. The third kappa shape index (κ3) is 3.80. The van der Waals surface area contributed by atoms with Gasteiger partial charge in [-0.15, -0.1) is 0 Å². The standard InChI is InChI=1S/C20H20N2O3S2/c1-14-7-5-6-10-16(14)22-17-12-27(24,25)13-18(17)26-20(22)21-19(23)11-15-8-3-2-4-9-15/h2-10,17-18H,11-13H2,1H3. The summed E-state index contributed by atoms with van der Waals surface area (Å²) >= 11 is 1.41. The highest BCUT2D eigenvalue weighted by molar-refractivity contribution is 8.16. The van der Waals surface area contributed by atoms with Gasteiger partial charge in [-0.05, 0) is 24.1 Å². The summed E-state index contributed by atoms with van der Waals surface area (Å²) in [6.45, 7) is 1.99. The quantitative estimate of drug-likeness (QED) is 0.793. The predicted molar refractivity (Wildman–Crippen MR) is 110 cm³/mol. The van der Waals surface area contributed by atoms with Gasteiger partial charge in [0.1, 0.15) is 0 Å². The van der Waals surface area contributed by atoms with Gasteiger partial charge in [-0.3, -0.25) is 4.79 Å². The van der Waals surface area contributed by atoms with Crippen molar-refractivity contribution in [1.29, 1.82) is 0 Å². The largest absolute Gasteiger partial charge is 0.315 e. The smallest absolute Gasteiger partial charge is 0.252 e. The molecule has 2 saturated heterocycles. The summed E-state index contributed by atoms with van der Waals surface area (Å²) in [7, 11) is -3.06. The minimum atomic E-state index is -3.06. The molecule has 0 N–H and O–H groups in total. The SMILES string of the molecule is Cc1ccccc1N1C(=NC(=O)Cc2ccccc2)SC2CS(=O)(=O)CC21. The molecule has 2 unspecified atom stereocenters. The number of nitrogens with zero attached hydrogens (tertiary/aromatic N) is 2. The lowest BCUT2D eigenvalue weighted by atomic mass is 10.1. The molecule has 7 heteroatoms. The lowest BCUT2D eigenvalue weighted by Gasteiger charge is -2.26. The number of para-hydroxylation sites is 1. The van der Waals surface area contributed by atoms with Crippen LogP contribution in [0, 0.1) is 6.92 Å². The number of aliphatic imine (C=N–C) groups is 1. The number of thioether (sulfide) groups is 1. The molecule has 2 heterocycles. The van der Waals surface area contributed by atoms with E-state index in [2.05, 4.69) is 4.99 Å². The monoisotopic (exact) mass is 400 g/mol. The summed E-state index contributed by atoms with van der Waals surface area (Å²) in [6.07, 6.45) is 0.236. The van der Waals surface area contributed by atoms with Crippen molar-refractivity contribution in [3.8, 4) is 0 Å². The Kier molecular flexibility index (Phi) is 4.82. The first-order valence-corrected chi connectivity index (χ1v) is 11.5. The number of rotatable bonds is 3. The molecule has 140 valence electrons. The van der Waals surface area contributed by atoms with Gasteiger partial charge in [0.15, 0.2) is 15.0 Å². The summed E-state index contributed by atoms with van der Waals surface area (Å²) < 4.78 is 24.3. The molecule has 0 saturated carbocycles. The van der Waals surface area contributed by atoms with Crippen molar-refractivity contribution in [2.75, 3.05) is 16.4 Å². The molecule has 1 amide bonds. The Labute approximate surface area is 163 Å². The van der Waals surface area contributed by atoms with E-state index in [1.54, 1.807) is 0 Å². The Hall–Kier alpha value is -2.12. The van der Waals surface area contributed by atoms with Crippen LogP contribution < -0.4 is 4.90 Å². The zero-order valence-electron chi connectivity index (χ0n) is 14.9. The highest BCUT2D eigenvalue weighted by atomic mass is 32.2. The number of sulfone groups is 1. The number of anilines is 1. The van der Waals surface area contributed by atoms with Crippen molar-refractivity contribution in [2.24, 2.45) is 4.99 Å². The normalized spacial score (nSPS) is 24.9. The maximum atomic E-state index is 12.5. The number of benzene rings is 2. The molecule has 2 aliphatic rings. The van der Waals surface area contributed by atoms with Crippen molar-refractivity contribution in [3.63, 3.8) is 0 Å². The molecule has 2 aromatic rings. The number of fused-ring (bicyclic) bond motifs is 1. The third-order valence-electron chi connectivity index (χ3n) is 4.86. The molecular formula is C20H20N2O3S2. The van der Waals surface area contributed by atoms with E-state index in [0.717, 1.165) is 16.8 Å². The number of amidine groups is 1. The van der Waals surface area contributed by atoms with Gasteiger partial charge >= 0.3 is 0 Å².